The number of ketones is 2. The van der Waals surface area contributed by atoms with Gasteiger partial charge >= 0.3 is 0 Å². The summed E-state index contributed by atoms with van der Waals surface area (Å²) in [5.74, 6) is -1.66. The summed E-state index contributed by atoms with van der Waals surface area (Å²) in [5, 5.41) is 13.0. The molecule has 0 atom stereocenters. The molecule has 0 saturated carbocycles. The van der Waals surface area contributed by atoms with Gasteiger partial charge in [0.1, 0.15) is 0 Å². The predicted octanol–water partition coefficient (Wildman–Crippen LogP) is 4.38. The third kappa shape index (κ3) is 2.84. The molecule has 2 aromatic heterocycles. The number of nitrogens with one attached hydrogen (secondary N) is 1. The van der Waals surface area contributed by atoms with E-state index < -0.39 is 11.6 Å². The maximum atomic E-state index is 14.6. The van der Waals surface area contributed by atoms with Gasteiger partial charge in [-0.15, -0.1) is 0 Å². The number of halogens is 1. The molecule has 5 aromatic rings. The van der Waals surface area contributed by atoms with Gasteiger partial charge in [0, 0.05) is 70.4 Å². The van der Waals surface area contributed by atoms with Gasteiger partial charge < -0.3 is 19.4 Å². The molecule has 0 radical (unpaired) electrons. The molecule has 7 nitrogen and oxygen atoms in total. The zero-order chi connectivity index (χ0) is 23.8. The summed E-state index contributed by atoms with van der Waals surface area (Å²) >= 11 is 0. The van der Waals surface area contributed by atoms with E-state index in [9.17, 15) is 19.1 Å². The van der Waals surface area contributed by atoms with E-state index in [0.717, 1.165) is 47.0 Å². The number of hydrogen-bond donors (Lipinski definition) is 2. The number of fused-ring (bicyclic) bond motifs is 10. The molecule has 0 spiro atoms. The molecule has 1 saturated heterocycles. The highest BCUT2D eigenvalue weighted by Gasteiger charge is 2.36. The Morgan fingerprint density at radius 3 is 2.51 bits per heavy atom. The fourth-order valence-electron chi connectivity index (χ4n) is 5.88. The standard InChI is InChI=1S/C27H22FN3O4/c28-16-11-15-18(12-19(16)32)31(6-5-30-7-9-35-10-8-30)27-23(15)25-21(34)13-20(33)24(25)22-14-3-1-2-4-17(14)29-26(22)27/h1-4,11-12,29,32H,5-10,13H2. The summed E-state index contributed by atoms with van der Waals surface area (Å²) in [6.45, 7) is 4.29. The lowest BCUT2D eigenvalue weighted by Crippen LogP contribution is -2.38. The fourth-order valence-corrected chi connectivity index (χ4v) is 5.88. The van der Waals surface area contributed by atoms with E-state index in [1.165, 1.54) is 12.1 Å². The molecule has 1 fully saturated rings. The highest BCUT2D eigenvalue weighted by Crippen LogP contribution is 2.45. The molecule has 0 bridgehead atoms. The van der Waals surface area contributed by atoms with Gasteiger partial charge in [0.25, 0.3) is 0 Å². The van der Waals surface area contributed by atoms with Crippen LogP contribution in [-0.4, -0.2) is 64.0 Å². The minimum atomic E-state index is -0.757. The number of aromatic nitrogens is 2. The number of H-pyrrole nitrogens is 1. The van der Waals surface area contributed by atoms with E-state index in [2.05, 4.69) is 9.88 Å². The number of benzene rings is 3. The van der Waals surface area contributed by atoms with E-state index in [1.807, 2.05) is 28.8 Å². The Morgan fingerprint density at radius 1 is 0.971 bits per heavy atom. The maximum Gasteiger partial charge on any atom is 0.172 e. The average molecular weight is 471 g/mol. The Labute approximate surface area is 198 Å². The third-order valence-corrected chi connectivity index (χ3v) is 7.45. The second-order valence-corrected chi connectivity index (χ2v) is 9.34. The summed E-state index contributed by atoms with van der Waals surface area (Å²) in [5.41, 5.74) is 3.78. The second-order valence-electron chi connectivity index (χ2n) is 9.34. The number of carbonyl (C=O) groups is 2. The number of carbonyl (C=O) groups excluding carboxylic acids is 2. The van der Waals surface area contributed by atoms with Crippen molar-refractivity contribution < 1.29 is 23.8 Å². The molecule has 35 heavy (non-hydrogen) atoms. The number of phenols is 1. The van der Waals surface area contributed by atoms with Gasteiger partial charge in [-0.05, 0) is 12.1 Å². The Morgan fingerprint density at radius 2 is 1.71 bits per heavy atom. The summed E-state index contributed by atoms with van der Waals surface area (Å²) in [6.07, 6.45) is -0.190. The number of aromatic amines is 1. The van der Waals surface area contributed by atoms with Crippen molar-refractivity contribution in [2.24, 2.45) is 0 Å². The lowest BCUT2D eigenvalue weighted by Gasteiger charge is -2.27. The molecule has 8 heteroatoms. The topological polar surface area (TPSA) is 87.6 Å². The number of aromatic hydroxyl groups is 1. The van der Waals surface area contributed by atoms with E-state index in [4.69, 9.17) is 4.74 Å². The molecular formula is C27H22FN3O4. The van der Waals surface area contributed by atoms with Gasteiger partial charge in [-0.2, -0.15) is 0 Å². The summed E-state index contributed by atoms with van der Waals surface area (Å²) in [4.78, 5) is 32.1. The third-order valence-electron chi connectivity index (χ3n) is 7.45. The molecule has 0 unspecified atom stereocenters. The lowest BCUT2D eigenvalue weighted by molar-refractivity contribution is 0.0366. The van der Waals surface area contributed by atoms with Gasteiger partial charge in [0.2, 0.25) is 0 Å². The highest BCUT2D eigenvalue weighted by molar-refractivity contribution is 6.40. The first-order chi connectivity index (χ1) is 17.0. The molecular weight excluding hydrogens is 449 g/mol. The number of hydrogen-bond acceptors (Lipinski definition) is 5. The smallest absolute Gasteiger partial charge is 0.172 e. The van der Waals surface area contributed by atoms with E-state index in [-0.39, 0.29) is 18.0 Å². The van der Waals surface area contributed by atoms with Crippen LogP contribution in [0.4, 0.5) is 4.39 Å². The van der Waals surface area contributed by atoms with Crippen LogP contribution in [0.15, 0.2) is 36.4 Å². The Bertz CT molecular complexity index is 1730. The van der Waals surface area contributed by atoms with Crippen molar-refractivity contribution in [2.75, 3.05) is 32.8 Å². The van der Waals surface area contributed by atoms with Crippen LogP contribution in [0.3, 0.4) is 0 Å². The SMILES string of the molecule is O=C1CC(=O)c2c1c1c3ccccc3[nH]c1c1c2c2cc(F)c(O)cc2n1CCN1CCOCC1. The molecule has 2 aliphatic rings. The van der Waals surface area contributed by atoms with Crippen molar-refractivity contribution in [3.05, 3.63) is 53.3 Å². The van der Waals surface area contributed by atoms with Crippen LogP contribution in [0.5, 0.6) is 5.75 Å². The minimum Gasteiger partial charge on any atom is -0.505 e. The molecule has 2 N–H and O–H groups in total. The molecule has 3 aromatic carbocycles. The Hall–Kier alpha value is -3.75. The molecule has 1 aliphatic heterocycles. The monoisotopic (exact) mass is 471 g/mol. The summed E-state index contributed by atoms with van der Waals surface area (Å²) in [6, 6.07) is 10.4. The molecule has 0 amide bonds. The maximum absolute atomic E-state index is 14.6. The van der Waals surface area contributed by atoms with Crippen molar-refractivity contribution in [3.63, 3.8) is 0 Å². The quantitative estimate of drug-likeness (QED) is 0.382. The average Bonchev–Trinajstić information content (AvgIpc) is 3.48. The highest BCUT2D eigenvalue weighted by atomic mass is 19.1. The molecule has 3 heterocycles. The van der Waals surface area contributed by atoms with E-state index in [0.29, 0.717) is 47.2 Å². The zero-order valence-corrected chi connectivity index (χ0v) is 18.9. The summed E-state index contributed by atoms with van der Waals surface area (Å²) < 4.78 is 22.1. The van der Waals surface area contributed by atoms with Crippen LogP contribution in [0, 0.1) is 5.82 Å². The normalized spacial score (nSPS) is 16.9. The first-order valence-corrected chi connectivity index (χ1v) is 11.8. The first kappa shape index (κ1) is 20.6. The number of Topliss-reactive ketones (excluding diaryl/α,β-unsaturated/α-hetero) is 2. The van der Waals surface area contributed by atoms with Gasteiger partial charge in [-0.25, -0.2) is 4.39 Å². The molecule has 1 aliphatic carbocycles. The number of ether oxygens (including phenoxy) is 1. The number of nitrogens with zero attached hydrogens (tertiary/aromatic N) is 2. The second kappa shape index (κ2) is 7.37. The fraction of sp³-hybridized carbons (Fsp3) is 0.259. The Kier molecular flexibility index (Phi) is 4.34. The van der Waals surface area contributed by atoms with Crippen LogP contribution in [0.1, 0.15) is 27.1 Å². The van der Waals surface area contributed by atoms with Crippen LogP contribution in [0.25, 0.3) is 43.6 Å². The number of rotatable bonds is 3. The first-order valence-electron chi connectivity index (χ1n) is 11.8. The van der Waals surface area contributed by atoms with Crippen molar-refractivity contribution in [2.45, 2.75) is 13.0 Å². The summed E-state index contributed by atoms with van der Waals surface area (Å²) in [7, 11) is 0. The predicted molar refractivity (Wildman–Crippen MR) is 131 cm³/mol. The van der Waals surface area contributed by atoms with Gasteiger partial charge in [-0.1, -0.05) is 18.2 Å². The van der Waals surface area contributed by atoms with Gasteiger partial charge in [-0.3, -0.25) is 14.5 Å². The lowest BCUT2D eigenvalue weighted by atomic mass is 9.96. The van der Waals surface area contributed by atoms with Crippen LogP contribution in [0.2, 0.25) is 0 Å². The van der Waals surface area contributed by atoms with Crippen LogP contribution < -0.4 is 0 Å². The minimum absolute atomic E-state index is 0.190. The van der Waals surface area contributed by atoms with Crippen molar-refractivity contribution in [1.29, 1.82) is 0 Å². The van der Waals surface area contributed by atoms with E-state index in [1.54, 1.807) is 0 Å². The van der Waals surface area contributed by atoms with Gasteiger partial charge in [0.05, 0.1) is 36.2 Å². The van der Waals surface area contributed by atoms with Crippen molar-refractivity contribution in [1.82, 2.24) is 14.5 Å². The van der Waals surface area contributed by atoms with Crippen LogP contribution in [-0.2, 0) is 11.3 Å². The zero-order valence-electron chi connectivity index (χ0n) is 18.9. The largest absolute Gasteiger partial charge is 0.505 e. The van der Waals surface area contributed by atoms with Crippen LogP contribution >= 0.6 is 0 Å². The van der Waals surface area contributed by atoms with Gasteiger partial charge in [0.15, 0.2) is 23.1 Å². The Balaban J connectivity index is 1.63. The molecule has 176 valence electrons. The van der Waals surface area contributed by atoms with E-state index >= 15 is 0 Å². The number of phenolic OH excluding ortho intramolecular Hbond substituents is 1. The van der Waals surface area contributed by atoms with Crippen molar-refractivity contribution in [3.8, 4) is 5.75 Å². The molecule has 7 rings (SSSR count). The number of para-hydroxylation sites is 1. The van der Waals surface area contributed by atoms with Crippen molar-refractivity contribution >= 4 is 55.2 Å². The number of morpholine rings is 1.